The van der Waals surface area contributed by atoms with Gasteiger partial charge in [0.05, 0.1) is 4.90 Å². The molecule has 4 amide bonds. The Balaban J connectivity index is 1.78. The molecule has 11 heteroatoms. The van der Waals surface area contributed by atoms with Crippen LogP contribution in [0.2, 0.25) is 0 Å². The number of urea groups is 1. The third-order valence-electron chi connectivity index (χ3n) is 5.24. The van der Waals surface area contributed by atoms with Crippen molar-refractivity contribution in [1.82, 2.24) is 14.5 Å². The molecule has 1 aliphatic heterocycles. The fourth-order valence-corrected chi connectivity index (χ4v) is 4.38. The normalized spacial score (nSPS) is 18.7. The molecule has 0 saturated carbocycles. The lowest BCUT2D eigenvalue weighted by atomic mass is 9.87. The summed E-state index contributed by atoms with van der Waals surface area (Å²) in [6.45, 7) is 1.13. The van der Waals surface area contributed by atoms with Gasteiger partial charge in [0.15, 0.2) is 0 Å². The largest absolute Gasteiger partial charge is 0.325 e. The molecule has 1 unspecified atom stereocenters. The summed E-state index contributed by atoms with van der Waals surface area (Å²) in [7, 11) is -0.925. The van der Waals surface area contributed by atoms with Gasteiger partial charge in [-0.25, -0.2) is 21.9 Å². The highest BCUT2D eigenvalue weighted by molar-refractivity contribution is 7.89. The van der Waals surface area contributed by atoms with Crippen LogP contribution in [0.5, 0.6) is 0 Å². The van der Waals surface area contributed by atoms with Crippen LogP contribution in [0.1, 0.15) is 18.9 Å². The fourth-order valence-electron chi connectivity index (χ4n) is 3.43. The Labute approximate surface area is 185 Å². The van der Waals surface area contributed by atoms with Crippen LogP contribution >= 0.6 is 0 Å². The van der Waals surface area contributed by atoms with Gasteiger partial charge < -0.3 is 10.6 Å². The molecule has 1 fully saturated rings. The maximum atomic E-state index is 13.3. The first-order valence-corrected chi connectivity index (χ1v) is 11.2. The van der Waals surface area contributed by atoms with Crippen LogP contribution in [0.15, 0.2) is 53.4 Å². The summed E-state index contributed by atoms with van der Waals surface area (Å²) in [5, 5.41) is 5.12. The third-order valence-corrected chi connectivity index (χ3v) is 7.05. The number of carbonyl (C=O) groups is 3. The predicted molar refractivity (Wildman–Crippen MR) is 115 cm³/mol. The number of hydrogen-bond acceptors (Lipinski definition) is 5. The second-order valence-corrected chi connectivity index (χ2v) is 9.60. The second-order valence-electron chi connectivity index (χ2n) is 7.45. The Morgan fingerprint density at radius 3 is 2.41 bits per heavy atom. The molecule has 2 aromatic rings. The van der Waals surface area contributed by atoms with Crippen molar-refractivity contribution in [3.63, 3.8) is 0 Å². The average molecular weight is 463 g/mol. The Morgan fingerprint density at radius 1 is 1.16 bits per heavy atom. The molecule has 170 valence electrons. The molecule has 0 aliphatic carbocycles. The van der Waals surface area contributed by atoms with Gasteiger partial charge >= 0.3 is 6.03 Å². The number of carbonyl (C=O) groups excluding carboxylic acids is 3. The monoisotopic (exact) mass is 462 g/mol. The van der Waals surface area contributed by atoms with E-state index in [1.54, 1.807) is 6.92 Å². The van der Waals surface area contributed by atoms with Crippen LogP contribution < -0.4 is 10.6 Å². The van der Waals surface area contributed by atoms with Gasteiger partial charge in [0, 0.05) is 19.8 Å². The van der Waals surface area contributed by atoms with Gasteiger partial charge in [0.2, 0.25) is 15.9 Å². The lowest BCUT2D eigenvalue weighted by Gasteiger charge is -2.25. The molecular weight excluding hydrogens is 439 g/mol. The number of hydrogen-bond donors (Lipinski definition) is 2. The number of halogens is 1. The van der Waals surface area contributed by atoms with Crippen LogP contribution in [0, 0.1) is 5.82 Å². The predicted octanol–water partition coefficient (Wildman–Crippen LogP) is 1.87. The Kier molecular flexibility index (Phi) is 6.33. The summed E-state index contributed by atoms with van der Waals surface area (Å²) < 4.78 is 38.9. The van der Waals surface area contributed by atoms with Crippen molar-refractivity contribution >= 4 is 33.6 Å². The maximum absolute atomic E-state index is 13.3. The van der Waals surface area contributed by atoms with Crippen molar-refractivity contribution in [2.24, 2.45) is 0 Å². The minimum Gasteiger partial charge on any atom is -0.324 e. The minimum absolute atomic E-state index is 0.0170. The van der Waals surface area contributed by atoms with Gasteiger partial charge in [-0.1, -0.05) is 25.1 Å². The molecule has 3 rings (SSSR count). The lowest BCUT2D eigenvalue weighted by molar-refractivity contribution is -0.134. The van der Waals surface area contributed by atoms with Gasteiger partial charge in [0.1, 0.15) is 17.9 Å². The van der Waals surface area contributed by atoms with E-state index in [0.717, 1.165) is 9.21 Å². The van der Waals surface area contributed by atoms with E-state index in [9.17, 15) is 27.2 Å². The van der Waals surface area contributed by atoms with Crippen LogP contribution in [0.4, 0.5) is 14.9 Å². The zero-order valence-corrected chi connectivity index (χ0v) is 18.6. The molecule has 0 aromatic heterocycles. The number of sulfonamides is 1. The van der Waals surface area contributed by atoms with Gasteiger partial charge in [-0.15, -0.1) is 0 Å². The molecule has 2 aromatic carbocycles. The first-order valence-electron chi connectivity index (χ1n) is 9.74. The van der Waals surface area contributed by atoms with Gasteiger partial charge in [-0.2, -0.15) is 0 Å². The molecule has 0 radical (unpaired) electrons. The van der Waals surface area contributed by atoms with Gasteiger partial charge in [-0.3, -0.25) is 14.5 Å². The quantitative estimate of drug-likeness (QED) is 0.610. The number of anilines is 1. The molecule has 9 nitrogen and oxygen atoms in total. The molecule has 1 aliphatic rings. The average Bonchev–Trinajstić information content (AvgIpc) is 2.99. The van der Waals surface area contributed by atoms with E-state index >= 15 is 0 Å². The summed E-state index contributed by atoms with van der Waals surface area (Å²) in [5.41, 5.74) is -0.792. The smallest absolute Gasteiger partial charge is 0.324 e. The number of nitrogens with one attached hydrogen (secondary N) is 2. The molecular formula is C21H23FN4O5S. The van der Waals surface area contributed by atoms with Crippen molar-refractivity contribution in [1.29, 1.82) is 0 Å². The fraction of sp³-hybridized carbons (Fsp3) is 0.286. The number of amides is 4. The summed E-state index contributed by atoms with van der Waals surface area (Å²) >= 11 is 0. The lowest BCUT2D eigenvalue weighted by Crippen LogP contribution is -2.44. The standard InChI is InChI=1S/C21H23FN4O5S/c1-4-21(14-8-10-15(22)11-9-14)19(28)26(20(29)24-21)13-18(27)23-16-6-5-7-17(12-16)32(30,31)25(2)3/h5-12H,4,13H2,1-3H3,(H,23,27)(H,24,29). The van der Waals surface area contributed by atoms with Gasteiger partial charge in [-0.05, 0) is 42.3 Å². The number of rotatable bonds is 7. The molecule has 1 heterocycles. The van der Waals surface area contributed by atoms with Crippen LogP contribution in [0.3, 0.4) is 0 Å². The summed E-state index contributed by atoms with van der Waals surface area (Å²) in [5.74, 6) is -1.79. The van der Waals surface area contributed by atoms with E-state index in [-0.39, 0.29) is 17.0 Å². The number of benzene rings is 2. The SMILES string of the molecule is CCC1(c2ccc(F)cc2)NC(=O)N(CC(=O)Nc2cccc(S(=O)(=O)N(C)C)c2)C1=O. The first kappa shape index (κ1) is 23.4. The molecule has 0 spiro atoms. The maximum Gasteiger partial charge on any atom is 0.325 e. The summed E-state index contributed by atoms with van der Waals surface area (Å²) in [6.07, 6.45) is 0.200. The van der Waals surface area contributed by atoms with Crippen molar-refractivity contribution in [2.75, 3.05) is 26.0 Å². The number of imide groups is 1. The second kappa shape index (κ2) is 8.67. The van der Waals surface area contributed by atoms with Crippen molar-refractivity contribution in [3.8, 4) is 0 Å². The Bertz CT molecular complexity index is 1170. The van der Waals surface area contributed by atoms with Crippen LogP contribution in [0.25, 0.3) is 0 Å². The van der Waals surface area contributed by atoms with Crippen molar-refractivity contribution in [3.05, 3.63) is 59.9 Å². The molecule has 1 saturated heterocycles. The Hall–Kier alpha value is -3.31. The highest BCUT2D eigenvalue weighted by Gasteiger charge is 2.51. The molecule has 32 heavy (non-hydrogen) atoms. The topological polar surface area (TPSA) is 116 Å². The highest BCUT2D eigenvalue weighted by Crippen LogP contribution is 2.32. The third kappa shape index (κ3) is 4.21. The molecule has 0 bridgehead atoms. The van der Waals surface area contributed by atoms with E-state index < -0.39 is 45.8 Å². The number of nitrogens with zero attached hydrogens (tertiary/aromatic N) is 2. The van der Waals surface area contributed by atoms with E-state index in [0.29, 0.717) is 5.56 Å². The van der Waals surface area contributed by atoms with Crippen LogP contribution in [-0.2, 0) is 25.2 Å². The molecule has 2 N–H and O–H groups in total. The molecule has 1 atom stereocenters. The zero-order chi connectivity index (χ0) is 23.7. The minimum atomic E-state index is -3.70. The summed E-state index contributed by atoms with van der Waals surface area (Å²) in [4.78, 5) is 38.9. The zero-order valence-electron chi connectivity index (χ0n) is 17.8. The Morgan fingerprint density at radius 2 is 1.81 bits per heavy atom. The van der Waals surface area contributed by atoms with E-state index in [4.69, 9.17) is 0 Å². The van der Waals surface area contributed by atoms with Crippen molar-refractivity contribution < 1.29 is 27.2 Å². The highest BCUT2D eigenvalue weighted by atomic mass is 32.2. The first-order chi connectivity index (χ1) is 15.0. The van der Waals surface area contributed by atoms with Crippen molar-refractivity contribution in [2.45, 2.75) is 23.8 Å². The van der Waals surface area contributed by atoms with E-state index in [1.165, 1.54) is 62.6 Å². The van der Waals surface area contributed by atoms with Crippen LogP contribution in [-0.4, -0.2) is 56.1 Å². The summed E-state index contributed by atoms with van der Waals surface area (Å²) in [6, 6.07) is 10.1. The van der Waals surface area contributed by atoms with E-state index in [1.807, 2.05) is 0 Å². The van der Waals surface area contributed by atoms with Gasteiger partial charge in [0.25, 0.3) is 5.91 Å². The van der Waals surface area contributed by atoms with E-state index in [2.05, 4.69) is 10.6 Å².